The first-order valence-electron chi connectivity index (χ1n) is 13.1. The van der Waals surface area contributed by atoms with Crippen LogP contribution in [0.15, 0.2) is 66.7 Å². The second-order valence-corrected chi connectivity index (χ2v) is 10.7. The molecular formula is C31H33Cl2FN4O2. The number of imidazole rings is 1. The van der Waals surface area contributed by atoms with E-state index in [4.69, 9.17) is 32.9 Å². The minimum atomic E-state index is -0.625. The first-order chi connectivity index (χ1) is 19.2. The number of carbonyl (C=O) groups excluding carboxylic acids is 1. The van der Waals surface area contributed by atoms with E-state index in [2.05, 4.69) is 23.9 Å². The number of hydrogen-bond acceptors (Lipinski definition) is 5. The van der Waals surface area contributed by atoms with E-state index >= 15 is 4.39 Å². The van der Waals surface area contributed by atoms with Crippen molar-refractivity contribution in [1.82, 2.24) is 19.4 Å². The Balaban J connectivity index is 1.99. The van der Waals surface area contributed by atoms with E-state index in [-0.39, 0.29) is 23.0 Å². The van der Waals surface area contributed by atoms with Gasteiger partial charge in [-0.1, -0.05) is 65.7 Å². The lowest BCUT2D eigenvalue weighted by Gasteiger charge is -2.21. The minimum absolute atomic E-state index is 0.0409. The molecule has 6 nitrogen and oxygen atoms in total. The first kappa shape index (κ1) is 29.7. The van der Waals surface area contributed by atoms with E-state index in [0.717, 1.165) is 25.1 Å². The Labute approximate surface area is 244 Å². The molecule has 0 aliphatic heterocycles. The number of aromatic nitrogens is 2. The fourth-order valence-electron chi connectivity index (χ4n) is 4.62. The predicted molar refractivity (Wildman–Crippen MR) is 160 cm³/mol. The molecule has 0 spiro atoms. The summed E-state index contributed by atoms with van der Waals surface area (Å²) in [7, 11) is 6.15. The molecule has 0 unspecified atom stereocenters. The van der Waals surface area contributed by atoms with Gasteiger partial charge in [-0.15, -0.1) is 0 Å². The summed E-state index contributed by atoms with van der Waals surface area (Å²) < 4.78 is 22.8. The average Bonchev–Trinajstić information content (AvgIpc) is 3.32. The highest BCUT2D eigenvalue weighted by molar-refractivity contribution is 6.31. The van der Waals surface area contributed by atoms with Crippen LogP contribution in [0.2, 0.25) is 10.0 Å². The van der Waals surface area contributed by atoms with Crippen LogP contribution in [0.5, 0.6) is 0 Å². The third kappa shape index (κ3) is 6.73. The van der Waals surface area contributed by atoms with Gasteiger partial charge >= 0.3 is 5.97 Å². The summed E-state index contributed by atoms with van der Waals surface area (Å²) >= 11 is 12.8. The van der Waals surface area contributed by atoms with Gasteiger partial charge in [0, 0.05) is 22.7 Å². The van der Waals surface area contributed by atoms with Crippen molar-refractivity contribution >= 4 is 29.2 Å². The first-order valence-corrected chi connectivity index (χ1v) is 13.9. The van der Waals surface area contributed by atoms with Gasteiger partial charge in [-0.05, 0) is 77.4 Å². The molecular weight excluding hydrogens is 550 g/mol. The molecule has 0 aliphatic rings. The fraction of sp³-hybridized carbons (Fsp3) is 0.290. The van der Waals surface area contributed by atoms with Gasteiger partial charge in [-0.25, -0.2) is 14.2 Å². The van der Waals surface area contributed by atoms with Gasteiger partial charge in [-0.2, -0.15) is 0 Å². The van der Waals surface area contributed by atoms with Crippen molar-refractivity contribution in [3.63, 3.8) is 0 Å². The van der Waals surface area contributed by atoms with Gasteiger partial charge < -0.3 is 14.5 Å². The zero-order valence-electron chi connectivity index (χ0n) is 23.1. The van der Waals surface area contributed by atoms with E-state index in [1.807, 2.05) is 49.5 Å². The number of hydrogen-bond donors (Lipinski definition) is 0. The van der Waals surface area contributed by atoms with Crippen LogP contribution in [0.4, 0.5) is 4.39 Å². The lowest BCUT2D eigenvalue weighted by atomic mass is 10.0. The normalized spacial score (nSPS) is 11.4. The van der Waals surface area contributed by atoms with Crippen LogP contribution in [0.3, 0.4) is 0 Å². The van der Waals surface area contributed by atoms with E-state index in [9.17, 15) is 4.79 Å². The van der Waals surface area contributed by atoms with Gasteiger partial charge in [0.25, 0.3) is 0 Å². The Morgan fingerprint density at radius 2 is 1.75 bits per heavy atom. The maximum absolute atomic E-state index is 15.7. The summed E-state index contributed by atoms with van der Waals surface area (Å²) in [6.07, 6.45) is 0.990. The third-order valence-corrected chi connectivity index (χ3v) is 6.99. The van der Waals surface area contributed by atoms with E-state index in [1.54, 1.807) is 29.7 Å². The second kappa shape index (κ2) is 13.4. The van der Waals surface area contributed by atoms with Crippen molar-refractivity contribution in [2.45, 2.75) is 19.9 Å². The van der Waals surface area contributed by atoms with E-state index in [1.165, 1.54) is 6.07 Å². The van der Waals surface area contributed by atoms with Crippen molar-refractivity contribution in [1.29, 1.82) is 0 Å². The SMILES string of the molecule is CCOC(=O)c1nc(-c2ccccc2)n(-c2cccc(Cl)c2F)c1-c1cc(Cl)ccc1CN(C)CCCN(C)C. The standard InChI is InChI=1S/C31H33Cl2FN4O2/c1-5-40-31(39)28-29(24-19-23(32)16-15-22(24)20-37(4)18-10-17-36(2)3)38(26-14-9-13-25(33)27(26)34)30(35-28)21-11-7-6-8-12-21/h6-9,11-16,19H,5,10,17-18,20H2,1-4H3. The molecule has 0 saturated carbocycles. The Kier molecular flexibility index (Phi) is 9.98. The van der Waals surface area contributed by atoms with E-state index < -0.39 is 11.8 Å². The quantitative estimate of drug-likeness (QED) is 0.175. The van der Waals surface area contributed by atoms with Crippen LogP contribution in [0.25, 0.3) is 28.3 Å². The van der Waals surface area contributed by atoms with Crippen LogP contribution in [0, 0.1) is 5.82 Å². The molecule has 0 atom stereocenters. The van der Waals surface area contributed by atoms with Gasteiger partial charge in [0.15, 0.2) is 11.5 Å². The molecule has 0 amide bonds. The van der Waals surface area contributed by atoms with Crippen LogP contribution in [0.1, 0.15) is 29.4 Å². The molecule has 1 aromatic heterocycles. The number of halogens is 3. The topological polar surface area (TPSA) is 50.6 Å². The lowest BCUT2D eigenvalue weighted by molar-refractivity contribution is 0.0521. The second-order valence-electron chi connectivity index (χ2n) is 9.82. The van der Waals surface area contributed by atoms with Crippen LogP contribution < -0.4 is 0 Å². The van der Waals surface area contributed by atoms with Crippen molar-refractivity contribution in [2.75, 3.05) is 40.8 Å². The molecule has 9 heteroatoms. The molecule has 0 radical (unpaired) electrons. The Bertz CT molecular complexity index is 1470. The number of esters is 1. The van der Waals surface area contributed by atoms with Crippen molar-refractivity contribution in [3.8, 4) is 28.3 Å². The monoisotopic (exact) mass is 582 g/mol. The molecule has 0 aliphatic carbocycles. The number of benzene rings is 3. The van der Waals surface area contributed by atoms with Gasteiger partial charge in [0.1, 0.15) is 5.82 Å². The zero-order valence-corrected chi connectivity index (χ0v) is 24.6. The summed E-state index contributed by atoms with van der Waals surface area (Å²) in [6.45, 7) is 4.30. The molecule has 4 rings (SSSR count). The molecule has 1 heterocycles. The van der Waals surface area contributed by atoms with E-state index in [0.29, 0.717) is 34.2 Å². The molecule has 0 fully saturated rings. The lowest BCUT2D eigenvalue weighted by Crippen LogP contribution is -2.23. The number of nitrogens with zero attached hydrogens (tertiary/aromatic N) is 4. The van der Waals surface area contributed by atoms with Gasteiger partial charge in [0.2, 0.25) is 0 Å². The molecule has 0 N–H and O–H groups in total. The Morgan fingerprint density at radius 1 is 1.00 bits per heavy atom. The molecule has 0 bridgehead atoms. The smallest absolute Gasteiger partial charge is 0.359 e. The maximum atomic E-state index is 15.7. The van der Waals surface area contributed by atoms with Gasteiger partial charge in [0.05, 0.1) is 23.0 Å². The van der Waals surface area contributed by atoms with Crippen LogP contribution in [-0.2, 0) is 11.3 Å². The maximum Gasteiger partial charge on any atom is 0.359 e. The minimum Gasteiger partial charge on any atom is -0.461 e. The van der Waals surface area contributed by atoms with Crippen molar-refractivity contribution in [2.24, 2.45) is 0 Å². The Morgan fingerprint density at radius 3 is 2.45 bits per heavy atom. The summed E-state index contributed by atoms with van der Waals surface area (Å²) in [4.78, 5) is 22.5. The summed E-state index contributed by atoms with van der Waals surface area (Å²) in [5.74, 6) is -0.856. The number of carbonyl (C=O) groups is 1. The average molecular weight is 584 g/mol. The third-order valence-electron chi connectivity index (χ3n) is 6.46. The summed E-state index contributed by atoms with van der Waals surface area (Å²) in [5, 5.41) is 0.435. The predicted octanol–water partition coefficient (Wildman–Crippen LogP) is 7.21. The Hall–Kier alpha value is -3.23. The van der Waals surface area contributed by atoms with Crippen molar-refractivity contribution in [3.05, 3.63) is 93.8 Å². The fourth-order valence-corrected chi connectivity index (χ4v) is 4.97. The zero-order chi connectivity index (χ0) is 28.8. The summed E-state index contributed by atoms with van der Waals surface area (Å²) in [5.41, 5.74) is 2.88. The molecule has 4 aromatic rings. The van der Waals surface area contributed by atoms with Crippen molar-refractivity contribution < 1.29 is 13.9 Å². The summed E-state index contributed by atoms with van der Waals surface area (Å²) in [6, 6.07) is 19.6. The molecule has 210 valence electrons. The van der Waals surface area contributed by atoms with Gasteiger partial charge in [-0.3, -0.25) is 4.57 Å². The highest BCUT2D eigenvalue weighted by atomic mass is 35.5. The molecule has 0 saturated heterocycles. The number of rotatable bonds is 11. The number of ether oxygens (including phenoxy) is 1. The highest BCUT2D eigenvalue weighted by Gasteiger charge is 2.29. The molecule has 40 heavy (non-hydrogen) atoms. The largest absolute Gasteiger partial charge is 0.461 e. The highest BCUT2D eigenvalue weighted by Crippen LogP contribution is 2.38. The van der Waals surface area contributed by atoms with Crippen LogP contribution >= 0.6 is 23.2 Å². The molecule has 3 aromatic carbocycles. The van der Waals surface area contributed by atoms with Crippen LogP contribution in [-0.4, -0.2) is 66.2 Å².